The summed E-state index contributed by atoms with van der Waals surface area (Å²) in [6.07, 6.45) is 1.27. The van der Waals surface area contributed by atoms with Crippen LogP contribution in [0, 0.1) is 5.92 Å². The highest BCUT2D eigenvalue weighted by molar-refractivity contribution is 7.89. The van der Waals surface area contributed by atoms with Crippen molar-refractivity contribution in [1.29, 1.82) is 0 Å². The molecule has 5 nitrogen and oxygen atoms in total. The van der Waals surface area contributed by atoms with Gasteiger partial charge in [0.1, 0.15) is 6.04 Å². The Balaban J connectivity index is 1.87. The van der Waals surface area contributed by atoms with Crippen molar-refractivity contribution in [3.05, 3.63) is 42.5 Å². The molecule has 0 bridgehead atoms. The zero-order chi connectivity index (χ0) is 18.0. The predicted molar refractivity (Wildman–Crippen MR) is 98.7 cm³/mol. The van der Waals surface area contributed by atoms with E-state index in [1.165, 1.54) is 4.31 Å². The molecule has 2 aromatic rings. The van der Waals surface area contributed by atoms with E-state index in [0.29, 0.717) is 31.8 Å². The largest absolute Gasteiger partial charge is 0.354 e. The van der Waals surface area contributed by atoms with Crippen LogP contribution >= 0.6 is 0 Å². The molecule has 0 spiro atoms. The molecule has 134 valence electrons. The van der Waals surface area contributed by atoms with Gasteiger partial charge >= 0.3 is 0 Å². The van der Waals surface area contributed by atoms with E-state index >= 15 is 0 Å². The maximum Gasteiger partial charge on any atom is 0.243 e. The summed E-state index contributed by atoms with van der Waals surface area (Å²) in [5.41, 5.74) is 0. The number of carbonyl (C=O) groups is 1. The number of hydrogen-bond acceptors (Lipinski definition) is 3. The summed E-state index contributed by atoms with van der Waals surface area (Å²) in [6.45, 7) is 4.96. The number of hydrogen-bond donors (Lipinski definition) is 1. The van der Waals surface area contributed by atoms with Gasteiger partial charge in [0.05, 0.1) is 4.90 Å². The minimum absolute atomic E-state index is 0.199. The van der Waals surface area contributed by atoms with Crippen LogP contribution in [0.25, 0.3) is 10.8 Å². The van der Waals surface area contributed by atoms with Crippen LogP contribution in [0.5, 0.6) is 0 Å². The van der Waals surface area contributed by atoms with Gasteiger partial charge in [-0.2, -0.15) is 4.31 Å². The fourth-order valence-electron chi connectivity index (χ4n) is 3.18. The fraction of sp³-hybridized carbons (Fsp3) is 0.421. The van der Waals surface area contributed by atoms with Crippen LogP contribution in [0.15, 0.2) is 47.4 Å². The molecule has 0 aromatic heterocycles. The first-order chi connectivity index (χ1) is 11.9. The van der Waals surface area contributed by atoms with Crippen LogP contribution in [0.3, 0.4) is 0 Å². The van der Waals surface area contributed by atoms with Crippen molar-refractivity contribution in [3.8, 4) is 0 Å². The SMILES string of the molecule is CC(C)CNC(=O)[C@H]1CCCN1S(=O)(=O)c1ccc2ccccc2c1. The summed E-state index contributed by atoms with van der Waals surface area (Å²) < 4.78 is 27.5. The lowest BCUT2D eigenvalue weighted by Crippen LogP contribution is -2.46. The Morgan fingerprint density at radius 3 is 2.64 bits per heavy atom. The molecule has 1 amide bonds. The van der Waals surface area contributed by atoms with Crippen LogP contribution in [-0.4, -0.2) is 37.8 Å². The fourth-order valence-corrected chi connectivity index (χ4v) is 4.87. The molecule has 0 saturated carbocycles. The van der Waals surface area contributed by atoms with Crippen molar-refractivity contribution in [1.82, 2.24) is 9.62 Å². The molecule has 2 aromatic carbocycles. The highest BCUT2D eigenvalue weighted by Gasteiger charge is 2.39. The number of benzene rings is 2. The number of carbonyl (C=O) groups excluding carboxylic acids is 1. The topological polar surface area (TPSA) is 66.5 Å². The van der Waals surface area contributed by atoms with Gasteiger partial charge in [-0.15, -0.1) is 0 Å². The molecule has 1 aliphatic heterocycles. The first-order valence-corrected chi connectivity index (χ1v) is 10.1. The lowest BCUT2D eigenvalue weighted by atomic mass is 10.1. The van der Waals surface area contributed by atoms with Gasteiger partial charge in [-0.3, -0.25) is 4.79 Å². The van der Waals surface area contributed by atoms with Crippen LogP contribution in [0.2, 0.25) is 0 Å². The van der Waals surface area contributed by atoms with Crippen LogP contribution in [0.1, 0.15) is 26.7 Å². The number of sulfonamides is 1. The second kappa shape index (κ2) is 7.14. The Kier molecular flexibility index (Phi) is 5.11. The third kappa shape index (κ3) is 3.70. The molecule has 1 atom stereocenters. The van der Waals surface area contributed by atoms with E-state index in [1.54, 1.807) is 12.1 Å². The van der Waals surface area contributed by atoms with Gasteiger partial charge in [-0.25, -0.2) is 8.42 Å². The minimum Gasteiger partial charge on any atom is -0.354 e. The Morgan fingerprint density at radius 2 is 1.92 bits per heavy atom. The molecule has 0 aliphatic carbocycles. The van der Waals surface area contributed by atoms with Gasteiger partial charge < -0.3 is 5.32 Å². The van der Waals surface area contributed by atoms with E-state index in [0.717, 1.165) is 10.8 Å². The summed E-state index contributed by atoms with van der Waals surface area (Å²) in [6, 6.07) is 12.2. The summed E-state index contributed by atoms with van der Waals surface area (Å²) in [5.74, 6) is 0.131. The van der Waals surface area contributed by atoms with E-state index < -0.39 is 16.1 Å². The number of nitrogens with zero attached hydrogens (tertiary/aromatic N) is 1. The van der Waals surface area contributed by atoms with Crippen LogP contribution in [0.4, 0.5) is 0 Å². The van der Waals surface area contributed by atoms with Gasteiger partial charge in [-0.05, 0) is 41.7 Å². The molecule has 1 heterocycles. The molecule has 1 aliphatic rings. The summed E-state index contributed by atoms with van der Waals surface area (Å²) in [5, 5.41) is 4.74. The molecular formula is C19H24N2O3S. The van der Waals surface area contributed by atoms with Gasteiger partial charge in [0.2, 0.25) is 15.9 Å². The summed E-state index contributed by atoms with van der Waals surface area (Å²) in [7, 11) is -3.69. The zero-order valence-corrected chi connectivity index (χ0v) is 15.4. The minimum atomic E-state index is -3.69. The van der Waals surface area contributed by atoms with E-state index in [4.69, 9.17) is 0 Å². The number of nitrogens with one attached hydrogen (secondary N) is 1. The van der Waals surface area contributed by atoms with E-state index in [1.807, 2.05) is 44.2 Å². The zero-order valence-electron chi connectivity index (χ0n) is 14.6. The lowest BCUT2D eigenvalue weighted by molar-refractivity contribution is -0.124. The van der Waals surface area contributed by atoms with Gasteiger partial charge in [0, 0.05) is 13.1 Å². The van der Waals surface area contributed by atoms with E-state index in [9.17, 15) is 13.2 Å². The smallest absolute Gasteiger partial charge is 0.243 e. The standard InChI is InChI=1S/C19H24N2O3S/c1-14(2)13-20-19(22)18-8-5-11-21(18)25(23,24)17-10-9-15-6-3-4-7-16(15)12-17/h3-4,6-7,9-10,12,14,18H,5,8,11,13H2,1-2H3,(H,20,22)/t18-/m1/s1. The normalized spacial score (nSPS) is 18.8. The molecule has 25 heavy (non-hydrogen) atoms. The summed E-state index contributed by atoms with van der Waals surface area (Å²) in [4.78, 5) is 12.7. The van der Waals surface area contributed by atoms with Crippen molar-refractivity contribution in [3.63, 3.8) is 0 Å². The predicted octanol–water partition coefficient (Wildman–Crippen LogP) is 2.77. The van der Waals surface area contributed by atoms with Crippen LogP contribution in [-0.2, 0) is 14.8 Å². The number of amides is 1. The Labute approximate surface area is 149 Å². The molecular weight excluding hydrogens is 336 g/mol. The highest BCUT2D eigenvalue weighted by atomic mass is 32.2. The Bertz CT molecular complexity index is 877. The van der Waals surface area contributed by atoms with Gasteiger partial charge in [0.15, 0.2) is 0 Å². The van der Waals surface area contributed by atoms with Gasteiger partial charge in [-0.1, -0.05) is 44.2 Å². The van der Waals surface area contributed by atoms with Crippen LogP contribution < -0.4 is 5.32 Å². The monoisotopic (exact) mass is 360 g/mol. The van der Waals surface area contributed by atoms with Crippen molar-refractivity contribution < 1.29 is 13.2 Å². The molecule has 1 N–H and O–H groups in total. The third-order valence-corrected chi connectivity index (χ3v) is 6.42. The average molecular weight is 360 g/mol. The van der Waals surface area contributed by atoms with Gasteiger partial charge in [0.25, 0.3) is 0 Å². The maximum atomic E-state index is 13.1. The quantitative estimate of drug-likeness (QED) is 0.892. The third-order valence-electron chi connectivity index (χ3n) is 4.52. The lowest BCUT2D eigenvalue weighted by Gasteiger charge is -2.24. The molecule has 3 rings (SSSR count). The molecule has 0 radical (unpaired) electrons. The van der Waals surface area contributed by atoms with E-state index in [2.05, 4.69) is 5.32 Å². The molecule has 1 fully saturated rings. The van der Waals surface area contributed by atoms with Crippen molar-refractivity contribution in [2.75, 3.05) is 13.1 Å². The maximum absolute atomic E-state index is 13.1. The van der Waals surface area contributed by atoms with Crippen molar-refractivity contribution >= 4 is 26.7 Å². The highest BCUT2D eigenvalue weighted by Crippen LogP contribution is 2.28. The van der Waals surface area contributed by atoms with Crippen molar-refractivity contribution in [2.24, 2.45) is 5.92 Å². The number of fused-ring (bicyclic) bond motifs is 1. The average Bonchev–Trinajstić information content (AvgIpc) is 3.10. The molecule has 6 heteroatoms. The Morgan fingerprint density at radius 1 is 1.20 bits per heavy atom. The molecule has 1 saturated heterocycles. The second-order valence-corrected chi connectivity index (χ2v) is 8.81. The second-order valence-electron chi connectivity index (χ2n) is 6.92. The first kappa shape index (κ1) is 17.9. The summed E-state index contributed by atoms with van der Waals surface area (Å²) >= 11 is 0. The molecule has 0 unspecified atom stereocenters. The van der Waals surface area contributed by atoms with E-state index in [-0.39, 0.29) is 10.8 Å². The number of rotatable bonds is 5. The first-order valence-electron chi connectivity index (χ1n) is 8.68. The van der Waals surface area contributed by atoms with Crippen molar-refractivity contribution in [2.45, 2.75) is 37.6 Å². The Hall–Kier alpha value is -1.92.